The zero-order valence-corrected chi connectivity index (χ0v) is 50.9. The maximum atomic E-state index is 15.7. The number of benzene rings is 5. The number of hydrogen-bond donors (Lipinski definition) is 0. The van der Waals surface area contributed by atoms with E-state index in [1.165, 1.54) is 18.2 Å². The van der Waals surface area contributed by atoms with Crippen LogP contribution in [0.15, 0.2) is 72.8 Å². The number of alkyl halides is 34. The van der Waals surface area contributed by atoms with Crippen molar-refractivity contribution in [2.24, 2.45) is 0 Å². The van der Waals surface area contributed by atoms with Crippen LogP contribution in [0.3, 0.4) is 0 Å². The highest BCUT2D eigenvalue weighted by atomic mass is 28.3. The molecule has 0 nitrogen and oxygen atoms in total. The molecule has 0 N–H and O–H groups in total. The molecule has 5 aromatic carbocycles. The minimum atomic E-state index is -8.89. The van der Waals surface area contributed by atoms with Gasteiger partial charge in [0, 0.05) is 24.0 Å². The third kappa shape index (κ3) is 11.9. The first kappa shape index (κ1) is 79.0. The van der Waals surface area contributed by atoms with E-state index in [1.54, 1.807) is 48.5 Å². The lowest BCUT2D eigenvalue weighted by atomic mass is 9.88. The highest BCUT2D eigenvalue weighted by Crippen LogP contribution is 2.67. The van der Waals surface area contributed by atoms with Crippen LogP contribution in [-0.2, 0) is 0 Å². The minimum absolute atomic E-state index is 0.0231. The maximum absolute atomic E-state index is 15.7. The minimum Gasteiger partial charge on any atom is -0.200 e. The summed E-state index contributed by atoms with van der Waals surface area (Å²) in [6.45, 7) is 9.26. The fraction of sp³-hybridized carbons (Fsp3) is 0.552. The molecule has 0 spiro atoms. The normalized spacial score (nSPS) is 15.3. The summed E-state index contributed by atoms with van der Waals surface area (Å²) in [5, 5.41) is 3.44. The van der Waals surface area contributed by atoms with Gasteiger partial charge in [0.2, 0.25) is 0 Å². The molecular weight excluding hydrogens is 1400 g/mol. The van der Waals surface area contributed by atoms with Crippen molar-refractivity contribution in [1.82, 2.24) is 0 Å². The number of halogens is 34. The zero-order valence-electron chi connectivity index (χ0n) is 48.9. The van der Waals surface area contributed by atoms with Gasteiger partial charge in [-0.1, -0.05) is 91.5 Å². The van der Waals surface area contributed by atoms with Crippen molar-refractivity contribution in [3.63, 3.8) is 0 Å². The first-order chi connectivity index (χ1) is 41.7. The largest absolute Gasteiger partial charge is 0.460 e. The van der Waals surface area contributed by atoms with Crippen LogP contribution < -0.4 is 0 Å². The van der Waals surface area contributed by atoms with Crippen molar-refractivity contribution < 1.29 is 149 Å². The Labute approximate surface area is 512 Å². The number of rotatable bonds is 22. The average Bonchev–Trinajstić information content (AvgIpc) is 0.701. The zero-order chi connectivity index (χ0) is 73.2. The SMILES string of the molecule is CC(C)[Si](C#Cc1cc(C#C[Si](CCC(F)(F)C(F)(F)C(F)(F)C(F)(F)C(F)(F)C(F)(F)C(F)(F)C(F)(F)F)(C(C)C)C(C)C)c2cc3cc4cc5ccccc5cc4cc3cc2c1)(CCC(F)(F)C(F)(F)C(F)(F)C(F)(F)C(F)(F)C(F)(F)C(F)(F)C(F)(F)F)C(C)C. The Bertz CT molecular complexity index is 3740. The van der Waals surface area contributed by atoms with E-state index in [0.717, 1.165) is 72.2 Å². The third-order valence-electron chi connectivity index (χ3n) is 17.0. The molecule has 0 fully saturated rings. The second kappa shape index (κ2) is 24.1. The van der Waals surface area contributed by atoms with Crippen LogP contribution in [0.2, 0.25) is 34.3 Å². The van der Waals surface area contributed by atoms with Gasteiger partial charge in [0.15, 0.2) is 0 Å². The Kier molecular flexibility index (Phi) is 20.3. The summed E-state index contributed by atoms with van der Waals surface area (Å²) in [6, 6.07) is 15.6. The van der Waals surface area contributed by atoms with Gasteiger partial charge in [0.25, 0.3) is 0 Å². The Morgan fingerprint density at radius 2 is 0.543 bits per heavy atom. The van der Waals surface area contributed by atoms with E-state index in [9.17, 15) is 114 Å². The molecule has 0 aliphatic carbocycles. The molecule has 5 rings (SSSR count). The van der Waals surface area contributed by atoms with Gasteiger partial charge in [-0.2, -0.15) is 149 Å². The highest BCUT2D eigenvalue weighted by Gasteiger charge is 2.97. The summed E-state index contributed by atoms with van der Waals surface area (Å²) in [5.74, 6) is -111. The molecular formula is C58H48F34Si2. The van der Waals surface area contributed by atoms with Gasteiger partial charge in [-0.15, -0.1) is 11.1 Å². The van der Waals surface area contributed by atoms with Gasteiger partial charge in [-0.05, 0) is 126 Å². The van der Waals surface area contributed by atoms with E-state index in [1.807, 2.05) is 0 Å². The first-order valence-electron chi connectivity index (χ1n) is 27.1. The molecule has 94 heavy (non-hydrogen) atoms. The molecule has 0 heterocycles. The first-order valence-corrected chi connectivity index (χ1v) is 31.8. The monoisotopic (exact) mass is 1450 g/mol. The van der Waals surface area contributed by atoms with Crippen LogP contribution in [0.4, 0.5) is 149 Å². The fourth-order valence-electron chi connectivity index (χ4n) is 10.7. The summed E-state index contributed by atoms with van der Waals surface area (Å²) >= 11 is 0. The molecule has 0 atom stereocenters. The van der Waals surface area contributed by atoms with E-state index in [4.69, 9.17) is 0 Å². The Morgan fingerprint density at radius 1 is 0.287 bits per heavy atom. The van der Waals surface area contributed by atoms with Gasteiger partial charge in [-0.25, -0.2) is 0 Å². The molecule has 0 aliphatic heterocycles. The average molecular weight is 1450 g/mol. The number of fused-ring (bicyclic) bond motifs is 4. The molecule has 526 valence electrons. The highest BCUT2D eigenvalue weighted by molar-refractivity contribution is 6.90. The molecule has 36 heteroatoms. The Hall–Kier alpha value is -5.69. The van der Waals surface area contributed by atoms with Gasteiger partial charge < -0.3 is 0 Å². The Balaban J connectivity index is 1.72. The van der Waals surface area contributed by atoms with Crippen molar-refractivity contribution in [3.05, 3.63) is 83.9 Å². The van der Waals surface area contributed by atoms with Crippen LogP contribution >= 0.6 is 0 Å². The smallest absolute Gasteiger partial charge is 0.200 e. The number of hydrogen-bond acceptors (Lipinski definition) is 0. The summed E-state index contributed by atoms with van der Waals surface area (Å²) < 4.78 is 485. The lowest BCUT2D eigenvalue weighted by molar-refractivity contribution is -0.461. The predicted octanol–water partition coefficient (Wildman–Crippen LogP) is 23.4. The third-order valence-corrected chi connectivity index (χ3v) is 28.6. The quantitative estimate of drug-likeness (QED) is 0.0280. The van der Waals surface area contributed by atoms with Gasteiger partial charge >= 0.3 is 95.3 Å². The molecule has 0 amide bonds. The summed E-state index contributed by atoms with van der Waals surface area (Å²) in [4.78, 5) is 0. The Morgan fingerprint density at radius 3 is 0.840 bits per heavy atom. The summed E-state index contributed by atoms with van der Waals surface area (Å²) in [7, 11) is -8.88. The van der Waals surface area contributed by atoms with Crippen LogP contribution in [0.1, 0.15) is 79.4 Å². The predicted molar refractivity (Wildman–Crippen MR) is 282 cm³/mol. The molecule has 0 unspecified atom stereocenters. The van der Waals surface area contributed by atoms with Gasteiger partial charge in [-0.3, -0.25) is 0 Å². The molecule has 0 saturated carbocycles. The van der Waals surface area contributed by atoms with E-state index in [-0.39, 0.29) is 21.9 Å². The van der Waals surface area contributed by atoms with Crippen molar-refractivity contribution >= 4 is 59.2 Å². The van der Waals surface area contributed by atoms with E-state index >= 15 is 35.1 Å². The molecule has 0 radical (unpaired) electrons. The van der Waals surface area contributed by atoms with Crippen molar-refractivity contribution in [3.8, 4) is 22.9 Å². The fourth-order valence-corrected chi connectivity index (χ4v) is 19.3. The van der Waals surface area contributed by atoms with Crippen LogP contribution in [0.5, 0.6) is 0 Å². The summed E-state index contributed by atoms with van der Waals surface area (Å²) in [6.07, 6.45) is -21.6. The second-order valence-corrected chi connectivity index (χ2v) is 34.1. The van der Waals surface area contributed by atoms with Crippen LogP contribution in [0.25, 0.3) is 43.1 Å². The molecule has 0 aliphatic rings. The molecule has 0 bridgehead atoms. The molecule has 0 saturated heterocycles. The van der Waals surface area contributed by atoms with E-state index in [0.29, 0.717) is 21.5 Å². The second-order valence-electron chi connectivity index (χ2n) is 23.8. The van der Waals surface area contributed by atoms with Crippen molar-refractivity contribution in [1.29, 1.82) is 0 Å². The maximum Gasteiger partial charge on any atom is 0.460 e. The lowest BCUT2D eigenvalue weighted by Gasteiger charge is -2.43. The van der Waals surface area contributed by atoms with Gasteiger partial charge in [0.05, 0.1) is 0 Å². The van der Waals surface area contributed by atoms with E-state index in [2.05, 4.69) is 22.9 Å². The van der Waals surface area contributed by atoms with Crippen molar-refractivity contribution in [2.75, 3.05) is 0 Å². The van der Waals surface area contributed by atoms with Gasteiger partial charge in [0.1, 0.15) is 16.1 Å². The van der Waals surface area contributed by atoms with Crippen LogP contribution in [0, 0.1) is 22.9 Å². The van der Waals surface area contributed by atoms with Crippen molar-refractivity contribution in [2.45, 2.75) is 198 Å². The molecule has 5 aromatic rings. The van der Waals surface area contributed by atoms with E-state index < -0.39 is 159 Å². The standard InChI is InChI=1S/C58H48F34Si2/c1-29(2)93(30(3)4,19-15-43(59,60)45(63,64)47(67,68)49(71,72)51(75,76)53(79,80)55(83,84)57(87,88)89)17-13-33-21-36(42-28-40-26-38-24-35-12-10-9-11-34(35)23-37(38)25-39(40)27-41(42)22-33)14-18-94(31(5)6,32(7)8)20-16-44(61,62)46(65,66)48(69,70)50(73,74)52(77,78)54(81,82)56(85,86)58(90,91)92/h9-12,21-32H,15-16,19-20H2,1-8H3. The summed E-state index contributed by atoms with van der Waals surface area (Å²) in [5.41, 5.74) is -0.168. The molecule has 0 aromatic heterocycles. The van der Waals surface area contributed by atoms with Crippen LogP contribution in [-0.4, -0.2) is 111 Å². The lowest BCUT2D eigenvalue weighted by Crippen LogP contribution is -2.74. The topological polar surface area (TPSA) is 0 Å².